The zero-order valence-electron chi connectivity index (χ0n) is 11.4. The quantitative estimate of drug-likeness (QED) is 0.369. The molecule has 20 heavy (non-hydrogen) atoms. The molecule has 0 radical (unpaired) electrons. The van der Waals surface area contributed by atoms with Crippen LogP contribution in [0.3, 0.4) is 0 Å². The molecule has 0 aliphatic carbocycles. The minimum Gasteiger partial charge on any atom is -0.333 e. The highest BCUT2D eigenvalue weighted by Crippen LogP contribution is 2.20. The van der Waals surface area contributed by atoms with E-state index in [1.54, 1.807) is 12.1 Å². The number of nitro benzene ring substituents is 1. The van der Waals surface area contributed by atoms with Gasteiger partial charge in [0, 0.05) is 24.9 Å². The highest BCUT2D eigenvalue weighted by molar-refractivity contribution is 5.97. The summed E-state index contributed by atoms with van der Waals surface area (Å²) in [7, 11) is 1.88. The van der Waals surface area contributed by atoms with Crippen molar-refractivity contribution in [3.8, 4) is 0 Å². The number of hydrogen-bond acceptors (Lipinski definition) is 3. The summed E-state index contributed by atoms with van der Waals surface area (Å²) in [5.74, 6) is 0.810. The van der Waals surface area contributed by atoms with E-state index in [0.29, 0.717) is 0 Å². The maximum atomic E-state index is 10.6. The Hall–Kier alpha value is -2.69. The molecule has 0 aliphatic heterocycles. The van der Waals surface area contributed by atoms with E-state index in [9.17, 15) is 10.1 Å². The van der Waals surface area contributed by atoms with Gasteiger partial charge in [0.05, 0.1) is 10.6 Å². The van der Waals surface area contributed by atoms with Crippen molar-refractivity contribution >= 4 is 22.9 Å². The van der Waals surface area contributed by atoms with Crippen LogP contribution in [0.15, 0.2) is 59.6 Å². The van der Waals surface area contributed by atoms with Crippen molar-refractivity contribution < 1.29 is 4.92 Å². The lowest BCUT2D eigenvalue weighted by atomic mass is 10.2. The van der Waals surface area contributed by atoms with E-state index < -0.39 is 4.92 Å². The van der Waals surface area contributed by atoms with Crippen molar-refractivity contribution in [1.29, 1.82) is 0 Å². The van der Waals surface area contributed by atoms with Crippen molar-refractivity contribution in [1.82, 2.24) is 0 Å². The van der Waals surface area contributed by atoms with E-state index in [1.165, 1.54) is 12.1 Å². The monoisotopic (exact) mass is 269 g/mol. The first-order chi connectivity index (χ1) is 9.58. The summed E-state index contributed by atoms with van der Waals surface area (Å²) >= 11 is 0. The Morgan fingerprint density at radius 1 is 1.10 bits per heavy atom. The van der Waals surface area contributed by atoms with Gasteiger partial charge in [-0.1, -0.05) is 18.2 Å². The van der Waals surface area contributed by atoms with Gasteiger partial charge in [0.1, 0.15) is 5.84 Å². The van der Waals surface area contributed by atoms with Gasteiger partial charge in [-0.05, 0) is 31.2 Å². The molecule has 102 valence electrons. The third-order valence-corrected chi connectivity index (χ3v) is 2.98. The van der Waals surface area contributed by atoms with E-state index >= 15 is 0 Å². The SMILES string of the molecule is CC(=Nc1ccccc1)N(C)c1ccc([N+](=O)[O-])cc1. The molecule has 5 nitrogen and oxygen atoms in total. The fourth-order valence-corrected chi connectivity index (χ4v) is 1.75. The third-order valence-electron chi connectivity index (χ3n) is 2.98. The topological polar surface area (TPSA) is 58.7 Å². The highest BCUT2D eigenvalue weighted by atomic mass is 16.6. The molecule has 0 unspecified atom stereocenters. The van der Waals surface area contributed by atoms with Gasteiger partial charge in [-0.25, -0.2) is 4.99 Å². The number of non-ortho nitro benzene ring substituents is 1. The summed E-state index contributed by atoms with van der Waals surface area (Å²) in [6.07, 6.45) is 0. The van der Waals surface area contributed by atoms with Crippen LogP contribution in [0.1, 0.15) is 6.92 Å². The fourth-order valence-electron chi connectivity index (χ4n) is 1.75. The van der Waals surface area contributed by atoms with Crippen LogP contribution in [0.2, 0.25) is 0 Å². The summed E-state index contributed by atoms with van der Waals surface area (Å²) in [6.45, 7) is 1.90. The molecular weight excluding hydrogens is 254 g/mol. The van der Waals surface area contributed by atoms with Crippen molar-refractivity contribution in [2.45, 2.75) is 6.92 Å². The molecule has 0 aromatic heterocycles. The summed E-state index contributed by atoms with van der Waals surface area (Å²) in [5, 5.41) is 10.6. The van der Waals surface area contributed by atoms with Gasteiger partial charge in [-0.3, -0.25) is 10.1 Å². The standard InChI is InChI=1S/C15H15N3O2/c1-12(16-13-6-4-3-5-7-13)17(2)14-8-10-15(11-9-14)18(19)20/h3-11H,1-2H3. The minimum absolute atomic E-state index is 0.0831. The van der Waals surface area contributed by atoms with Crippen LogP contribution in [0, 0.1) is 10.1 Å². The molecule has 2 aromatic rings. The average molecular weight is 269 g/mol. The number of nitro groups is 1. The molecule has 0 amide bonds. The molecular formula is C15H15N3O2. The molecule has 0 saturated carbocycles. The lowest BCUT2D eigenvalue weighted by molar-refractivity contribution is -0.384. The molecule has 0 fully saturated rings. The fraction of sp³-hybridized carbons (Fsp3) is 0.133. The minimum atomic E-state index is -0.408. The Bertz CT molecular complexity index is 621. The first kappa shape index (κ1) is 13.7. The Labute approximate surface area is 117 Å². The first-order valence-electron chi connectivity index (χ1n) is 6.16. The Morgan fingerprint density at radius 2 is 1.70 bits per heavy atom. The largest absolute Gasteiger partial charge is 0.333 e. The van der Waals surface area contributed by atoms with Gasteiger partial charge in [0.25, 0.3) is 5.69 Å². The number of para-hydroxylation sites is 1. The van der Waals surface area contributed by atoms with Gasteiger partial charge in [0.15, 0.2) is 0 Å². The normalized spacial score (nSPS) is 11.2. The second-order valence-corrected chi connectivity index (χ2v) is 4.33. The average Bonchev–Trinajstić information content (AvgIpc) is 2.47. The molecule has 0 bridgehead atoms. The Morgan fingerprint density at radius 3 is 2.25 bits per heavy atom. The van der Waals surface area contributed by atoms with Crippen LogP contribution in [0.4, 0.5) is 17.1 Å². The van der Waals surface area contributed by atoms with Gasteiger partial charge >= 0.3 is 0 Å². The molecule has 0 aliphatic rings. The van der Waals surface area contributed by atoms with Gasteiger partial charge in [-0.15, -0.1) is 0 Å². The van der Waals surface area contributed by atoms with Crippen molar-refractivity contribution in [2.75, 3.05) is 11.9 Å². The summed E-state index contributed by atoms with van der Waals surface area (Å²) < 4.78 is 0. The second-order valence-electron chi connectivity index (χ2n) is 4.33. The van der Waals surface area contributed by atoms with Gasteiger partial charge in [-0.2, -0.15) is 0 Å². The van der Waals surface area contributed by atoms with E-state index in [4.69, 9.17) is 0 Å². The first-order valence-corrected chi connectivity index (χ1v) is 6.16. The molecule has 5 heteroatoms. The number of amidine groups is 1. The number of benzene rings is 2. The lowest BCUT2D eigenvalue weighted by Gasteiger charge is -2.18. The maximum Gasteiger partial charge on any atom is 0.269 e. The molecule has 0 N–H and O–H groups in total. The summed E-state index contributed by atoms with van der Waals surface area (Å²) in [4.78, 5) is 16.6. The number of anilines is 1. The molecule has 0 heterocycles. The Balaban J connectivity index is 2.20. The predicted octanol–water partition coefficient (Wildman–Crippen LogP) is 3.78. The van der Waals surface area contributed by atoms with E-state index in [-0.39, 0.29) is 5.69 Å². The van der Waals surface area contributed by atoms with Crippen LogP contribution in [0.25, 0.3) is 0 Å². The lowest BCUT2D eigenvalue weighted by Crippen LogP contribution is -2.23. The van der Waals surface area contributed by atoms with Gasteiger partial charge in [0.2, 0.25) is 0 Å². The van der Waals surface area contributed by atoms with Crippen molar-refractivity contribution in [3.63, 3.8) is 0 Å². The summed E-state index contributed by atoms with van der Waals surface area (Å²) in [6, 6.07) is 16.0. The maximum absolute atomic E-state index is 10.6. The van der Waals surface area contributed by atoms with Crippen LogP contribution < -0.4 is 4.90 Å². The molecule has 0 spiro atoms. The zero-order valence-corrected chi connectivity index (χ0v) is 11.4. The molecule has 2 aromatic carbocycles. The van der Waals surface area contributed by atoms with E-state index in [1.807, 2.05) is 49.2 Å². The van der Waals surface area contributed by atoms with Crippen molar-refractivity contribution in [2.24, 2.45) is 4.99 Å². The predicted molar refractivity (Wildman–Crippen MR) is 80.7 cm³/mol. The van der Waals surface area contributed by atoms with Crippen LogP contribution in [0.5, 0.6) is 0 Å². The molecule has 0 atom stereocenters. The third kappa shape index (κ3) is 3.20. The number of rotatable bonds is 3. The van der Waals surface area contributed by atoms with Crippen LogP contribution in [-0.2, 0) is 0 Å². The van der Waals surface area contributed by atoms with Crippen LogP contribution >= 0.6 is 0 Å². The second kappa shape index (κ2) is 5.97. The highest BCUT2D eigenvalue weighted by Gasteiger charge is 2.08. The summed E-state index contributed by atoms with van der Waals surface area (Å²) in [5.41, 5.74) is 1.81. The number of nitrogens with zero attached hydrogens (tertiary/aromatic N) is 3. The van der Waals surface area contributed by atoms with Crippen LogP contribution in [-0.4, -0.2) is 17.8 Å². The zero-order chi connectivity index (χ0) is 14.5. The van der Waals surface area contributed by atoms with Crippen molar-refractivity contribution in [3.05, 3.63) is 64.7 Å². The van der Waals surface area contributed by atoms with E-state index in [0.717, 1.165) is 17.2 Å². The Kier molecular flexibility index (Phi) is 4.10. The molecule has 2 rings (SSSR count). The number of aliphatic imine (C=N–C) groups is 1. The molecule has 0 saturated heterocycles. The smallest absolute Gasteiger partial charge is 0.269 e. The van der Waals surface area contributed by atoms with E-state index in [2.05, 4.69) is 4.99 Å². The number of hydrogen-bond donors (Lipinski definition) is 0. The van der Waals surface area contributed by atoms with Gasteiger partial charge < -0.3 is 4.90 Å².